The smallest absolute Gasteiger partial charge is 0.0940 e. The van der Waals surface area contributed by atoms with Crippen molar-refractivity contribution in [1.29, 1.82) is 0 Å². The van der Waals surface area contributed by atoms with E-state index in [1.54, 1.807) is 11.3 Å². The zero-order chi connectivity index (χ0) is 12.0. The summed E-state index contributed by atoms with van der Waals surface area (Å²) in [5.41, 5.74) is 0.334. The Balaban J connectivity index is 2.63. The highest BCUT2D eigenvalue weighted by Crippen LogP contribution is 2.27. The molecule has 2 nitrogen and oxygen atoms in total. The summed E-state index contributed by atoms with van der Waals surface area (Å²) in [6, 6.07) is 0.531. The van der Waals surface area contributed by atoms with E-state index in [0.29, 0.717) is 11.5 Å². The third kappa shape index (κ3) is 3.87. The van der Waals surface area contributed by atoms with Crippen LogP contribution in [0.25, 0.3) is 0 Å². The third-order valence-corrected chi connectivity index (χ3v) is 4.16. The molecule has 3 heteroatoms. The maximum absolute atomic E-state index is 4.39. The molecule has 1 unspecified atom stereocenters. The van der Waals surface area contributed by atoms with Crippen LogP contribution in [0.2, 0.25) is 0 Å². The van der Waals surface area contributed by atoms with Gasteiger partial charge in [0.15, 0.2) is 0 Å². The first-order valence-corrected chi connectivity index (χ1v) is 7.10. The minimum absolute atomic E-state index is 0.334. The Bertz CT molecular complexity index is 280. The second-order valence-corrected chi connectivity index (χ2v) is 5.96. The number of nitrogens with one attached hydrogen (secondary N) is 1. The molecule has 1 rings (SSSR count). The maximum Gasteiger partial charge on any atom is 0.0940 e. The Hall–Kier alpha value is -0.410. The Morgan fingerprint density at radius 3 is 2.69 bits per heavy atom. The van der Waals surface area contributed by atoms with Crippen LogP contribution in [0.15, 0.2) is 11.6 Å². The molecule has 1 aromatic heterocycles. The summed E-state index contributed by atoms with van der Waals surface area (Å²) in [5.74, 6) is 0. The molecule has 0 spiro atoms. The van der Waals surface area contributed by atoms with Crippen molar-refractivity contribution in [2.24, 2.45) is 5.41 Å². The van der Waals surface area contributed by atoms with Crippen LogP contribution < -0.4 is 5.32 Å². The van der Waals surface area contributed by atoms with Gasteiger partial charge in [0.2, 0.25) is 0 Å². The van der Waals surface area contributed by atoms with E-state index in [4.69, 9.17) is 0 Å². The molecule has 0 radical (unpaired) electrons. The van der Waals surface area contributed by atoms with E-state index in [1.807, 2.05) is 6.20 Å². The highest BCUT2D eigenvalue weighted by atomic mass is 32.1. The van der Waals surface area contributed by atoms with Crippen LogP contribution in [-0.2, 0) is 6.42 Å². The molecular weight excluding hydrogens is 216 g/mol. The van der Waals surface area contributed by atoms with Crippen molar-refractivity contribution in [2.75, 3.05) is 6.54 Å². The van der Waals surface area contributed by atoms with Gasteiger partial charge >= 0.3 is 0 Å². The van der Waals surface area contributed by atoms with Gasteiger partial charge in [0.1, 0.15) is 0 Å². The van der Waals surface area contributed by atoms with Gasteiger partial charge in [-0.1, -0.05) is 27.7 Å². The maximum atomic E-state index is 4.39. The van der Waals surface area contributed by atoms with Gasteiger partial charge in [-0.2, -0.15) is 0 Å². The largest absolute Gasteiger partial charge is 0.313 e. The second-order valence-electron chi connectivity index (χ2n) is 4.98. The number of nitrogens with zero attached hydrogens (tertiary/aromatic N) is 1. The first-order valence-electron chi connectivity index (χ1n) is 6.22. The van der Waals surface area contributed by atoms with E-state index in [2.05, 4.69) is 43.4 Å². The van der Waals surface area contributed by atoms with Gasteiger partial charge in [-0.05, 0) is 24.8 Å². The van der Waals surface area contributed by atoms with Crippen molar-refractivity contribution < 1.29 is 0 Å². The first kappa shape index (κ1) is 13.7. The topological polar surface area (TPSA) is 24.9 Å². The molecule has 1 aromatic rings. The molecule has 1 heterocycles. The van der Waals surface area contributed by atoms with Crippen LogP contribution in [0.5, 0.6) is 0 Å². The van der Waals surface area contributed by atoms with Crippen LogP contribution in [0, 0.1) is 5.41 Å². The van der Waals surface area contributed by atoms with Crippen LogP contribution in [-0.4, -0.2) is 17.6 Å². The third-order valence-electron chi connectivity index (χ3n) is 3.36. The fourth-order valence-corrected chi connectivity index (χ4v) is 2.38. The molecule has 0 aliphatic carbocycles. The molecule has 92 valence electrons. The molecule has 0 saturated heterocycles. The summed E-state index contributed by atoms with van der Waals surface area (Å²) in [6.45, 7) is 10.3. The molecule has 0 aliphatic heterocycles. The van der Waals surface area contributed by atoms with Crippen LogP contribution in [0.4, 0.5) is 0 Å². The molecule has 1 atom stereocenters. The highest BCUT2D eigenvalue weighted by Gasteiger charge is 2.27. The first-order chi connectivity index (χ1) is 7.60. The Morgan fingerprint density at radius 1 is 1.44 bits per heavy atom. The van der Waals surface area contributed by atoms with Crippen molar-refractivity contribution in [2.45, 2.75) is 53.0 Å². The monoisotopic (exact) mass is 240 g/mol. The molecule has 0 amide bonds. The average Bonchev–Trinajstić information content (AvgIpc) is 2.76. The lowest BCUT2D eigenvalue weighted by atomic mass is 9.80. The summed E-state index contributed by atoms with van der Waals surface area (Å²) in [4.78, 5) is 4.39. The molecule has 16 heavy (non-hydrogen) atoms. The predicted octanol–water partition coefficient (Wildman–Crippen LogP) is 3.49. The lowest BCUT2D eigenvalue weighted by Gasteiger charge is -2.34. The van der Waals surface area contributed by atoms with Gasteiger partial charge in [-0.15, -0.1) is 11.3 Å². The van der Waals surface area contributed by atoms with Crippen molar-refractivity contribution >= 4 is 11.3 Å². The SMILES string of the molecule is CCCNC(Cc1nccs1)C(C)(C)CC. The van der Waals surface area contributed by atoms with Gasteiger partial charge in [-0.3, -0.25) is 0 Å². The number of rotatable bonds is 7. The lowest BCUT2D eigenvalue weighted by molar-refractivity contribution is 0.230. The standard InChI is InChI=1S/C13H24N2S/c1-5-7-14-11(13(3,4)6-2)10-12-15-8-9-16-12/h8-9,11,14H,5-7,10H2,1-4H3. The molecular formula is C13H24N2S. The number of hydrogen-bond acceptors (Lipinski definition) is 3. The van der Waals surface area contributed by atoms with Crippen molar-refractivity contribution in [1.82, 2.24) is 10.3 Å². The average molecular weight is 240 g/mol. The molecule has 0 aromatic carbocycles. The molecule has 0 saturated carbocycles. The van der Waals surface area contributed by atoms with E-state index in [9.17, 15) is 0 Å². The summed E-state index contributed by atoms with van der Waals surface area (Å²) < 4.78 is 0. The summed E-state index contributed by atoms with van der Waals surface area (Å²) >= 11 is 1.76. The van der Waals surface area contributed by atoms with Crippen molar-refractivity contribution in [3.63, 3.8) is 0 Å². The normalized spacial score (nSPS) is 14.0. The Morgan fingerprint density at radius 2 is 2.19 bits per heavy atom. The van der Waals surface area contributed by atoms with Crippen LogP contribution >= 0.6 is 11.3 Å². The van der Waals surface area contributed by atoms with E-state index < -0.39 is 0 Å². The molecule has 0 bridgehead atoms. The van der Waals surface area contributed by atoms with Gasteiger partial charge < -0.3 is 5.32 Å². The second kappa shape index (κ2) is 6.36. The zero-order valence-corrected chi connectivity index (χ0v) is 11.7. The summed E-state index contributed by atoms with van der Waals surface area (Å²) in [7, 11) is 0. The number of hydrogen-bond donors (Lipinski definition) is 1. The van der Waals surface area contributed by atoms with Gasteiger partial charge in [-0.25, -0.2) is 4.98 Å². The fraction of sp³-hybridized carbons (Fsp3) is 0.769. The Labute approximate surface area is 103 Å². The Kier molecular flexibility index (Phi) is 5.42. The quantitative estimate of drug-likeness (QED) is 0.789. The highest BCUT2D eigenvalue weighted by molar-refractivity contribution is 7.09. The summed E-state index contributed by atoms with van der Waals surface area (Å²) in [6.07, 6.45) is 5.34. The minimum Gasteiger partial charge on any atom is -0.313 e. The lowest BCUT2D eigenvalue weighted by Crippen LogP contribution is -2.43. The zero-order valence-electron chi connectivity index (χ0n) is 10.9. The van der Waals surface area contributed by atoms with Gasteiger partial charge in [0.25, 0.3) is 0 Å². The van der Waals surface area contributed by atoms with Crippen molar-refractivity contribution in [3.05, 3.63) is 16.6 Å². The van der Waals surface area contributed by atoms with Gasteiger partial charge in [0.05, 0.1) is 5.01 Å². The van der Waals surface area contributed by atoms with Gasteiger partial charge in [0, 0.05) is 24.0 Å². The van der Waals surface area contributed by atoms with E-state index in [1.165, 1.54) is 17.8 Å². The predicted molar refractivity (Wildman–Crippen MR) is 72.0 cm³/mol. The molecule has 0 fully saturated rings. The van der Waals surface area contributed by atoms with E-state index in [-0.39, 0.29) is 0 Å². The van der Waals surface area contributed by atoms with E-state index in [0.717, 1.165) is 13.0 Å². The molecule has 0 aliphatic rings. The van der Waals surface area contributed by atoms with Crippen molar-refractivity contribution in [3.8, 4) is 0 Å². The van der Waals surface area contributed by atoms with Crippen LogP contribution in [0.3, 0.4) is 0 Å². The van der Waals surface area contributed by atoms with Crippen LogP contribution in [0.1, 0.15) is 45.5 Å². The fourth-order valence-electron chi connectivity index (χ4n) is 1.72. The minimum atomic E-state index is 0.334. The summed E-state index contributed by atoms with van der Waals surface area (Å²) in [5, 5.41) is 6.97. The van der Waals surface area contributed by atoms with E-state index >= 15 is 0 Å². The molecule has 1 N–H and O–H groups in total. The number of thiazole rings is 1. The number of aromatic nitrogens is 1.